The van der Waals surface area contributed by atoms with Gasteiger partial charge in [-0.3, -0.25) is 4.79 Å². The highest BCUT2D eigenvalue weighted by Gasteiger charge is 2.22. The average Bonchev–Trinajstić information content (AvgIpc) is 2.52. The molecule has 1 saturated heterocycles. The van der Waals surface area contributed by atoms with Crippen molar-refractivity contribution in [3.8, 4) is 0 Å². The summed E-state index contributed by atoms with van der Waals surface area (Å²) in [4.78, 5) is 32.9. The molecule has 23 heavy (non-hydrogen) atoms. The van der Waals surface area contributed by atoms with E-state index in [4.69, 9.17) is 4.74 Å². The molecule has 0 unspecified atom stereocenters. The van der Waals surface area contributed by atoms with Crippen LogP contribution in [0.2, 0.25) is 0 Å². The molecule has 0 bridgehead atoms. The first-order valence-electron chi connectivity index (χ1n) is 7.87. The van der Waals surface area contributed by atoms with E-state index in [1.54, 1.807) is 12.3 Å². The van der Waals surface area contributed by atoms with Crippen molar-refractivity contribution in [3.05, 3.63) is 18.0 Å². The van der Waals surface area contributed by atoms with Gasteiger partial charge < -0.3 is 15.0 Å². The van der Waals surface area contributed by atoms with Crippen LogP contribution in [0.1, 0.15) is 44.1 Å². The van der Waals surface area contributed by atoms with Gasteiger partial charge in [-0.05, 0) is 45.6 Å². The Bertz CT molecular complexity index is 549. The lowest BCUT2D eigenvalue weighted by Gasteiger charge is -2.32. The Morgan fingerprint density at radius 2 is 2.13 bits per heavy atom. The summed E-state index contributed by atoms with van der Waals surface area (Å²) in [5.41, 5.74) is -0.0855. The average molecular weight is 320 g/mol. The molecule has 1 N–H and O–H groups in total. The quantitative estimate of drug-likeness (QED) is 0.855. The van der Waals surface area contributed by atoms with Crippen molar-refractivity contribution in [3.63, 3.8) is 0 Å². The molecule has 2 heterocycles. The molecular formula is C16H24N4O3. The number of hydrogen-bond acceptors (Lipinski definition) is 6. The molecule has 0 spiro atoms. The molecule has 7 heteroatoms. The summed E-state index contributed by atoms with van der Waals surface area (Å²) in [5, 5.41) is 2.82. The maximum Gasteiger partial charge on any atom is 0.407 e. The first kappa shape index (κ1) is 17.2. The van der Waals surface area contributed by atoms with E-state index >= 15 is 0 Å². The number of piperidine rings is 1. The van der Waals surface area contributed by atoms with Crippen LogP contribution in [0.4, 0.5) is 10.7 Å². The molecule has 2 rings (SSSR count). The molecular weight excluding hydrogens is 296 g/mol. The second kappa shape index (κ2) is 7.39. The Labute approximate surface area is 136 Å². The molecule has 126 valence electrons. The summed E-state index contributed by atoms with van der Waals surface area (Å²) >= 11 is 0. The summed E-state index contributed by atoms with van der Waals surface area (Å²) in [6.07, 6.45) is 3.82. The van der Waals surface area contributed by atoms with Crippen molar-refractivity contribution in [2.45, 2.75) is 39.2 Å². The fourth-order valence-electron chi connectivity index (χ4n) is 2.46. The minimum atomic E-state index is -0.478. The van der Waals surface area contributed by atoms with E-state index in [0.29, 0.717) is 24.1 Å². The Kier molecular flexibility index (Phi) is 5.52. The SMILES string of the molecule is CC(C)(C)OC(=O)NCC1CCN(c2nccc(C=O)n2)CC1. The van der Waals surface area contributed by atoms with Crippen LogP contribution >= 0.6 is 0 Å². The van der Waals surface area contributed by atoms with E-state index in [1.807, 2.05) is 20.8 Å². The smallest absolute Gasteiger partial charge is 0.407 e. The highest BCUT2D eigenvalue weighted by molar-refractivity contribution is 5.72. The van der Waals surface area contributed by atoms with Gasteiger partial charge in [0, 0.05) is 25.8 Å². The second-order valence-electron chi connectivity index (χ2n) is 6.71. The van der Waals surface area contributed by atoms with E-state index in [2.05, 4.69) is 20.2 Å². The molecule has 1 amide bonds. The van der Waals surface area contributed by atoms with Gasteiger partial charge in [-0.15, -0.1) is 0 Å². The molecule has 7 nitrogen and oxygen atoms in total. The summed E-state index contributed by atoms with van der Waals surface area (Å²) in [6, 6.07) is 1.59. The van der Waals surface area contributed by atoms with Gasteiger partial charge in [0.15, 0.2) is 6.29 Å². The number of aldehydes is 1. The number of rotatable bonds is 4. The Balaban J connectivity index is 1.77. The third-order valence-corrected chi connectivity index (χ3v) is 3.62. The lowest BCUT2D eigenvalue weighted by atomic mass is 9.97. The minimum Gasteiger partial charge on any atom is -0.444 e. The van der Waals surface area contributed by atoms with Crippen LogP contribution in [0.5, 0.6) is 0 Å². The van der Waals surface area contributed by atoms with Gasteiger partial charge >= 0.3 is 6.09 Å². The number of carbonyl (C=O) groups is 2. The van der Waals surface area contributed by atoms with Gasteiger partial charge in [0.2, 0.25) is 5.95 Å². The predicted octanol–water partition coefficient (Wildman–Crippen LogP) is 2.03. The fourth-order valence-corrected chi connectivity index (χ4v) is 2.46. The van der Waals surface area contributed by atoms with Crippen LogP contribution in [0, 0.1) is 5.92 Å². The van der Waals surface area contributed by atoms with Crippen LogP contribution in [0.15, 0.2) is 12.3 Å². The van der Waals surface area contributed by atoms with Crippen LogP contribution < -0.4 is 10.2 Å². The van der Waals surface area contributed by atoms with Crippen LogP contribution in [0.25, 0.3) is 0 Å². The predicted molar refractivity (Wildman–Crippen MR) is 86.6 cm³/mol. The van der Waals surface area contributed by atoms with Crippen LogP contribution in [-0.4, -0.2) is 47.6 Å². The lowest BCUT2D eigenvalue weighted by molar-refractivity contribution is 0.0516. The molecule has 1 aromatic heterocycles. The minimum absolute atomic E-state index is 0.373. The van der Waals surface area contributed by atoms with Crippen molar-refractivity contribution in [1.29, 1.82) is 0 Å². The summed E-state index contributed by atoms with van der Waals surface area (Å²) in [6.45, 7) is 7.76. The summed E-state index contributed by atoms with van der Waals surface area (Å²) in [5.74, 6) is 1.00. The number of anilines is 1. The van der Waals surface area contributed by atoms with E-state index in [-0.39, 0.29) is 6.09 Å². The number of carbonyl (C=O) groups excluding carboxylic acids is 2. The van der Waals surface area contributed by atoms with Gasteiger partial charge in [-0.25, -0.2) is 14.8 Å². The maximum atomic E-state index is 11.7. The number of hydrogen-bond donors (Lipinski definition) is 1. The number of nitrogens with one attached hydrogen (secondary N) is 1. The van der Waals surface area contributed by atoms with Crippen molar-refractivity contribution >= 4 is 18.3 Å². The van der Waals surface area contributed by atoms with E-state index in [9.17, 15) is 9.59 Å². The third-order valence-electron chi connectivity index (χ3n) is 3.62. The topological polar surface area (TPSA) is 84.4 Å². The molecule has 1 aromatic rings. The molecule has 0 atom stereocenters. The molecule has 1 aliphatic rings. The largest absolute Gasteiger partial charge is 0.444 e. The zero-order chi connectivity index (χ0) is 16.9. The highest BCUT2D eigenvalue weighted by atomic mass is 16.6. The fraction of sp³-hybridized carbons (Fsp3) is 0.625. The monoisotopic (exact) mass is 320 g/mol. The molecule has 1 aliphatic heterocycles. The van der Waals surface area contributed by atoms with Crippen LogP contribution in [0.3, 0.4) is 0 Å². The standard InChI is InChI=1S/C16H24N4O3/c1-16(2,3)23-15(22)18-10-12-5-8-20(9-6-12)14-17-7-4-13(11-21)19-14/h4,7,11-12H,5-6,8-10H2,1-3H3,(H,18,22). The van der Waals surface area contributed by atoms with Crippen molar-refractivity contribution in [2.75, 3.05) is 24.5 Å². The number of aromatic nitrogens is 2. The first-order chi connectivity index (χ1) is 10.9. The summed E-state index contributed by atoms with van der Waals surface area (Å²) < 4.78 is 5.23. The van der Waals surface area contributed by atoms with Gasteiger partial charge in [0.05, 0.1) is 0 Å². The molecule has 0 aromatic carbocycles. The van der Waals surface area contributed by atoms with Crippen molar-refractivity contribution in [1.82, 2.24) is 15.3 Å². The number of amides is 1. The highest BCUT2D eigenvalue weighted by Crippen LogP contribution is 2.20. The zero-order valence-electron chi connectivity index (χ0n) is 13.9. The zero-order valence-corrected chi connectivity index (χ0v) is 13.9. The maximum absolute atomic E-state index is 11.7. The number of ether oxygens (including phenoxy) is 1. The number of nitrogens with zero attached hydrogens (tertiary/aromatic N) is 3. The Morgan fingerprint density at radius 1 is 1.43 bits per heavy atom. The van der Waals surface area contributed by atoms with Gasteiger partial charge in [0.25, 0.3) is 0 Å². The number of alkyl carbamates (subject to hydrolysis) is 1. The second-order valence-corrected chi connectivity index (χ2v) is 6.71. The summed E-state index contributed by atoms with van der Waals surface area (Å²) in [7, 11) is 0. The van der Waals surface area contributed by atoms with Gasteiger partial charge in [-0.2, -0.15) is 0 Å². The van der Waals surface area contributed by atoms with E-state index < -0.39 is 5.60 Å². The lowest BCUT2D eigenvalue weighted by Crippen LogP contribution is -2.40. The van der Waals surface area contributed by atoms with Gasteiger partial charge in [0.1, 0.15) is 11.3 Å². The molecule has 0 aliphatic carbocycles. The van der Waals surface area contributed by atoms with Crippen LogP contribution in [-0.2, 0) is 4.74 Å². The normalized spacial score (nSPS) is 16.0. The van der Waals surface area contributed by atoms with E-state index in [0.717, 1.165) is 32.2 Å². The van der Waals surface area contributed by atoms with Crippen molar-refractivity contribution < 1.29 is 14.3 Å². The molecule has 1 fully saturated rings. The first-order valence-corrected chi connectivity index (χ1v) is 7.87. The van der Waals surface area contributed by atoms with Crippen molar-refractivity contribution in [2.24, 2.45) is 5.92 Å². The Hall–Kier alpha value is -2.18. The molecule has 0 radical (unpaired) electrons. The Morgan fingerprint density at radius 3 is 2.74 bits per heavy atom. The van der Waals surface area contributed by atoms with Gasteiger partial charge in [-0.1, -0.05) is 0 Å². The third kappa shape index (κ3) is 5.50. The van der Waals surface area contributed by atoms with E-state index in [1.165, 1.54) is 0 Å². The molecule has 0 saturated carbocycles.